The summed E-state index contributed by atoms with van der Waals surface area (Å²) in [6, 6.07) is 14.6. The average Bonchev–Trinajstić information content (AvgIpc) is 3.19. The monoisotopic (exact) mass is 409 g/mol. The number of rotatable bonds is 8. The molecule has 162 valence electrons. The highest BCUT2D eigenvalue weighted by atomic mass is 16.1. The molecule has 3 rings (SSSR count). The van der Waals surface area contributed by atoms with Gasteiger partial charge in [0.05, 0.1) is 0 Å². The standard InChI is InChI=1S/C24H35N5O/c1-4-25-24(26-15-5-6-16-29-20(3)8-7-9-23(29)30)27-21-14-17-28(18-21)22-12-10-19(2)11-13-22/h7-13,21H,4-6,14-18H2,1-3H3,(H2,25,26,27). The minimum absolute atomic E-state index is 0.0767. The van der Waals surface area contributed by atoms with Crippen LogP contribution in [0, 0.1) is 13.8 Å². The number of aryl methyl sites for hydroxylation is 2. The van der Waals surface area contributed by atoms with Gasteiger partial charge >= 0.3 is 0 Å². The van der Waals surface area contributed by atoms with Gasteiger partial charge in [-0.15, -0.1) is 0 Å². The number of aliphatic imine (C=N–C) groups is 1. The number of anilines is 1. The molecule has 0 radical (unpaired) electrons. The minimum Gasteiger partial charge on any atom is -0.369 e. The van der Waals surface area contributed by atoms with Crippen LogP contribution in [0.5, 0.6) is 0 Å². The first-order valence-electron chi connectivity index (χ1n) is 11.1. The summed E-state index contributed by atoms with van der Waals surface area (Å²) >= 11 is 0. The minimum atomic E-state index is 0.0767. The first-order valence-corrected chi connectivity index (χ1v) is 11.1. The zero-order chi connectivity index (χ0) is 21.3. The molecule has 0 aliphatic carbocycles. The van der Waals surface area contributed by atoms with Crippen molar-refractivity contribution in [2.75, 3.05) is 31.1 Å². The molecule has 1 unspecified atom stereocenters. The molecule has 0 amide bonds. The molecule has 6 nitrogen and oxygen atoms in total. The Morgan fingerprint density at radius 1 is 1.13 bits per heavy atom. The zero-order valence-corrected chi connectivity index (χ0v) is 18.5. The SMILES string of the molecule is CCNC(=NCCCCn1c(C)cccc1=O)NC1CCN(c2ccc(C)cc2)C1. The summed E-state index contributed by atoms with van der Waals surface area (Å²) in [5, 5.41) is 6.96. The van der Waals surface area contributed by atoms with Crippen LogP contribution in [0.15, 0.2) is 52.3 Å². The first kappa shape index (κ1) is 21.9. The van der Waals surface area contributed by atoms with Gasteiger partial charge in [0.1, 0.15) is 0 Å². The highest BCUT2D eigenvalue weighted by Crippen LogP contribution is 2.20. The third-order valence-corrected chi connectivity index (χ3v) is 5.60. The summed E-state index contributed by atoms with van der Waals surface area (Å²) in [7, 11) is 0. The fourth-order valence-corrected chi connectivity index (χ4v) is 3.86. The normalized spacial score (nSPS) is 16.7. The van der Waals surface area contributed by atoms with Gasteiger partial charge in [0.2, 0.25) is 0 Å². The summed E-state index contributed by atoms with van der Waals surface area (Å²) in [6.45, 7) is 10.6. The van der Waals surface area contributed by atoms with Crippen molar-refractivity contribution in [2.24, 2.45) is 4.99 Å². The molecule has 1 atom stereocenters. The van der Waals surface area contributed by atoms with E-state index in [2.05, 4.69) is 53.6 Å². The van der Waals surface area contributed by atoms with Gasteiger partial charge in [0.15, 0.2) is 5.96 Å². The van der Waals surface area contributed by atoms with Crippen molar-refractivity contribution in [2.45, 2.75) is 52.6 Å². The fraction of sp³-hybridized carbons (Fsp3) is 0.500. The van der Waals surface area contributed by atoms with Crippen LogP contribution in [0.2, 0.25) is 0 Å². The predicted molar refractivity (Wildman–Crippen MR) is 126 cm³/mol. The number of hydrogen-bond acceptors (Lipinski definition) is 3. The summed E-state index contributed by atoms with van der Waals surface area (Å²) in [6.07, 6.45) is 3.00. The first-order chi connectivity index (χ1) is 14.6. The van der Waals surface area contributed by atoms with Crippen LogP contribution in [-0.4, -0.2) is 42.7 Å². The smallest absolute Gasteiger partial charge is 0.250 e. The van der Waals surface area contributed by atoms with Crippen LogP contribution in [0.1, 0.15) is 37.4 Å². The van der Waals surface area contributed by atoms with Crippen LogP contribution in [-0.2, 0) is 6.54 Å². The van der Waals surface area contributed by atoms with Crippen LogP contribution < -0.4 is 21.1 Å². The lowest BCUT2D eigenvalue weighted by Gasteiger charge is -2.20. The van der Waals surface area contributed by atoms with Gasteiger partial charge in [-0.05, 0) is 58.2 Å². The molecule has 6 heteroatoms. The van der Waals surface area contributed by atoms with E-state index in [1.807, 2.05) is 23.6 Å². The van der Waals surface area contributed by atoms with Gasteiger partial charge < -0.3 is 20.1 Å². The molecule has 0 spiro atoms. The lowest BCUT2D eigenvalue weighted by Crippen LogP contribution is -2.44. The van der Waals surface area contributed by atoms with Crippen LogP contribution in [0.25, 0.3) is 0 Å². The third kappa shape index (κ3) is 6.12. The zero-order valence-electron chi connectivity index (χ0n) is 18.5. The van der Waals surface area contributed by atoms with E-state index in [-0.39, 0.29) is 5.56 Å². The molecule has 1 aliphatic rings. The van der Waals surface area contributed by atoms with Gasteiger partial charge in [-0.2, -0.15) is 0 Å². The van der Waals surface area contributed by atoms with E-state index in [1.54, 1.807) is 6.07 Å². The number of benzene rings is 1. The molecule has 2 heterocycles. The average molecular weight is 410 g/mol. The Balaban J connectivity index is 1.46. The Labute approximate surface area is 180 Å². The molecule has 1 aromatic carbocycles. The van der Waals surface area contributed by atoms with Crippen LogP contribution in [0.4, 0.5) is 5.69 Å². The van der Waals surface area contributed by atoms with Gasteiger partial charge in [-0.1, -0.05) is 23.8 Å². The van der Waals surface area contributed by atoms with Crippen LogP contribution in [0.3, 0.4) is 0 Å². The number of aromatic nitrogens is 1. The van der Waals surface area contributed by atoms with E-state index >= 15 is 0 Å². The Kier molecular flexibility index (Phi) is 7.94. The Bertz CT molecular complexity index is 887. The quantitative estimate of drug-likeness (QED) is 0.400. The molecular weight excluding hydrogens is 374 g/mol. The molecule has 1 aromatic heterocycles. The van der Waals surface area contributed by atoms with E-state index in [1.165, 1.54) is 11.3 Å². The van der Waals surface area contributed by atoms with Gasteiger partial charge in [0.25, 0.3) is 5.56 Å². The van der Waals surface area contributed by atoms with E-state index in [0.29, 0.717) is 6.04 Å². The molecule has 2 N–H and O–H groups in total. The summed E-state index contributed by atoms with van der Waals surface area (Å²) in [5.41, 5.74) is 3.67. The Morgan fingerprint density at radius 2 is 1.93 bits per heavy atom. The second-order valence-electron chi connectivity index (χ2n) is 8.04. The van der Waals surface area contributed by atoms with Crippen molar-refractivity contribution in [1.82, 2.24) is 15.2 Å². The van der Waals surface area contributed by atoms with Crippen molar-refractivity contribution < 1.29 is 0 Å². The molecular formula is C24H35N5O. The van der Waals surface area contributed by atoms with Crippen LogP contribution >= 0.6 is 0 Å². The maximum Gasteiger partial charge on any atom is 0.250 e. The predicted octanol–water partition coefficient (Wildman–Crippen LogP) is 3.08. The van der Waals surface area contributed by atoms with E-state index in [4.69, 9.17) is 4.99 Å². The molecule has 1 aliphatic heterocycles. The van der Waals surface area contributed by atoms with Gasteiger partial charge in [-0.25, -0.2) is 0 Å². The molecule has 30 heavy (non-hydrogen) atoms. The maximum absolute atomic E-state index is 11.9. The number of guanidine groups is 1. The van der Waals surface area contributed by atoms with Crippen molar-refractivity contribution >= 4 is 11.6 Å². The van der Waals surface area contributed by atoms with Crippen molar-refractivity contribution in [3.8, 4) is 0 Å². The van der Waals surface area contributed by atoms with E-state index in [9.17, 15) is 4.79 Å². The lowest BCUT2D eigenvalue weighted by atomic mass is 10.2. The number of unbranched alkanes of at least 4 members (excludes halogenated alkanes) is 1. The number of hydrogen-bond donors (Lipinski definition) is 2. The number of nitrogens with one attached hydrogen (secondary N) is 2. The maximum atomic E-state index is 11.9. The summed E-state index contributed by atoms with van der Waals surface area (Å²) < 4.78 is 1.84. The topological polar surface area (TPSA) is 61.7 Å². The molecule has 0 saturated carbocycles. The second kappa shape index (κ2) is 10.9. The van der Waals surface area contributed by atoms with Crippen molar-refractivity contribution in [1.29, 1.82) is 0 Å². The van der Waals surface area contributed by atoms with E-state index in [0.717, 1.165) is 63.6 Å². The molecule has 1 fully saturated rings. The highest BCUT2D eigenvalue weighted by Gasteiger charge is 2.23. The summed E-state index contributed by atoms with van der Waals surface area (Å²) in [4.78, 5) is 19.1. The van der Waals surface area contributed by atoms with Crippen molar-refractivity contribution in [3.63, 3.8) is 0 Å². The van der Waals surface area contributed by atoms with E-state index < -0.39 is 0 Å². The van der Waals surface area contributed by atoms with Gasteiger partial charge in [-0.3, -0.25) is 9.79 Å². The largest absolute Gasteiger partial charge is 0.369 e. The molecule has 1 saturated heterocycles. The Morgan fingerprint density at radius 3 is 2.67 bits per heavy atom. The third-order valence-electron chi connectivity index (χ3n) is 5.60. The summed E-state index contributed by atoms with van der Waals surface area (Å²) in [5.74, 6) is 0.890. The van der Waals surface area contributed by atoms with Gasteiger partial charge in [0, 0.05) is 56.2 Å². The Hall–Kier alpha value is -2.76. The number of nitrogens with zero attached hydrogens (tertiary/aromatic N) is 3. The van der Waals surface area contributed by atoms with Crippen molar-refractivity contribution in [3.05, 3.63) is 64.1 Å². The molecule has 2 aromatic rings. The highest BCUT2D eigenvalue weighted by molar-refractivity contribution is 5.80. The second-order valence-corrected chi connectivity index (χ2v) is 8.04. The lowest BCUT2D eigenvalue weighted by molar-refractivity contribution is 0.583. The fourth-order valence-electron chi connectivity index (χ4n) is 3.86. The molecule has 0 bridgehead atoms. The number of pyridine rings is 1.